The highest BCUT2D eigenvalue weighted by Gasteiger charge is 2.21. The zero-order valence-electron chi connectivity index (χ0n) is 8.88. The molecular weight excluding hydrogens is 174 g/mol. The maximum atomic E-state index is 5.84. The van der Waals surface area contributed by atoms with Crippen molar-refractivity contribution in [3.63, 3.8) is 0 Å². The lowest BCUT2D eigenvalue weighted by molar-refractivity contribution is 0.683. The molecule has 14 heavy (non-hydrogen) atoms. The van der Waals surface area contributed by atoms with Crippen LogP contribution < -0.4 is 5.73 Å². The Balaban J connectivity index is 2.40. The second kappa shape index (κ2) is 3.56. The number of nitrogens with two attached hydrogens (primary N) is 1. The number of nitrogen functional groups attached to an aromatic ring is 1. The van der Waals surface area contributed by atoms with Crippen molar-refractivity contribution in [2.45, 2.75) is 45.4 Å². The normalized spacial score (nSPS) is 17.6. The summed E-state index contributed by atoms with van der Waals surface area (Å²) in [5.41, 5.74) is 8.11. The Bertz CT molecular complexity index is 341. The highest BCUT2D eigenvalue weighted by atomic mass is 14.9. The Morgan fingerprint density at radius 3 is 2.43 bits per heavy atom. The van der Waals surface area contributed by atoms with E-state index in [1.807, 2.05) is 13.8 Å². The molecule has 0 spiro atoms. The van der Waals surface area contributed by atoms with Crippen LogP contribution in [0.2, 0.25) is 0 Å². The van der Waals surface area contributed by atoms with Crippen molar-refractivity contribution in [3.8, 4) is 0 Å². The summed E-state index contributed by atoms with van der Waals surface area (Å²) in [6.07, 6.45) is 5.17. The average molecular weight is 191 g/mol. The molecule has 1 heterocycles. The van der Waals surface area contributed by atoms with Gasteiger partial charge in [-0.05, 0) is 26.7 Å². The third-order valence-corrected chi connectivity index (χ3v) is 3.07. The number of nitrogens with zero attached hydrogens (tertiary/aromatic N) is 2. The van der Waals surface area contributed by atoms with Gasteiger partial charge in [0.15, 0.2) is 0 Å². The van der Waals surface area contributed by atoms with Crippen LogP contribution in [0.15, 0.2) is 0 Å². The number of anilines is 1. The molecule has 0 atom stereocenters. The van der Waals surface area contributed by atoms with Crippen LogP contribution in [-0.4, -0.2) is 9.97 Å². The maximum absolute atomic E-state index is 5.84. The van der Waals surface area contributed by atoms with E-state index >= 15 is 0 Å². The van der Waals surface area contributed by atoms with Gasteiger partial charge in [-0.3, -0.25) is 0 Å². The molecule has 0 amide bonds. The van der Waals surface area contributed by atoms with E-state index in [1.165, 1.54) is 31.4 Å². The van der Waals surface area contributed by atoms with E-state index in [0.29, 0.717) is 11.7 Å². The van der Waals surface area contributed by atoms with Crippen LogP contribution in [0.25, 0.3) is 0 Å². The third kappa shape index (κ3) is 1.59. The van der Waals surface area contributed by atoms with Crippen LogP contribution in [0.3, 0.4) is 0 Å². The summed E-state index contributed by atoms with van der Waals surface area (Å²) in [6, 6.07) is 0. The average Bonchev–Trinajstić information content (AvgIpc) is 2.63. The summed E-state index contributed by atoms with van der Waals surface area (Å²) >= 11 is 0. The van der Waals surface area contributed by atoms with Crippen LogP contribution in [0.4, 0.5) is 5.82 Å². The molecule has 0 aliphatic heterocycles. The Morgan fingerprint density at radius 1 is 1.14 bits per heavy atom. The van der Waals surface area contributed by atoms with Gasteiger partial charge < -0.3 is 5.73 Å². The fraction of sp³-hybridized carbons (Fsp3) is 0.636. The van der Waals surface area contributed by atoms with Crippen molar-refractivity contribution in [1.29, 1.82) is 0 Å². The monoisotopic (exact) mass is 191 g/mol. The quantitative estimate of drug-likeness (QED) is 0.741. The van der Waals surface area contributed by atoms with Crippen molar-refractivity contribution >= 4 is 5.82 Å². The third-order valence-electron chi connectivity index (χ3n) is 3.07. The van der Waals surface area contributed by atoms with Gasteiger partial charge in [-0.25, -0.2) is 9.97 Å². The molecule has 0 bridgehead atoms. The molecule has 2 rings (SSSR count). The van der Waals surface area contributed by atoms with Gasteiger partial charge in [0.2, 0.25) is 0 Å². The van der Waals surface area contributed by atoms with Crippen LogP contribution in [0.5, 0.6) is 0 Å². The molecule has 1 aliphatic carbocycles. The zero-order valence-corrected chi connectivity index (χ0v) is 8.88. The fourth-order valence-electron chi connectivity index (χ4n) is 2.27. The Labute approximate surface area is 84.8 Å². The number of hydrogen-bond acceptors (Lipinski definition) is 3. The first-order chi connectivity index (χ1) is 6.68. The molecule has 0 unspecified atom stereocenters. The van der Waals surface area contributed by atoms with Gasteiger partial charge in [0.05, 0.1) is 5.69 Å². The summed E-state index contributed by atoms with van der Waals surface area (Å²) in [5, 5.41) is 0. The van der Waals surface area contributed by atoms with Gasteiger partial charge in [0.25, 0.3) is 0 Å². The molecule has 0 aromatic carbocycles. The summed E-state index contributed by atoms with van der Waals surface area (Å²) in [7, 11) is 0. The van der Waals surface area contributed by atoms with Gasteiger partial charge in [-0.15, -0.1) is 0 Å². The van der Waals surface area contributed by atoms with E-state index in [1.54, 1.807) is 0 Å². The van der Waals surface area contributed by atoms with Crippen molar-refractivity contribution in [3.05, 3.63) is 17.1 Å². The number of aromatic nitrogens is 2. The summed E-state index contributed by atoms with van der Waals surface area (Å²) in [5.74, 6) is 2.08. The topological polar surface area (TPSA) is 51.8 Å². The van der Waals surface area contributed by atoms with Crippen molar-refractivity contribution in [2.75, 3.05) is 5.73 Å². The molecule has 0 radical (unpaired) electrons. The first-order valence-corrected chi connectivity index (χ1v) is 5.29. The van der Waals surface area contributed by atoms with E-state index in [0.717, 1.165) is 11.4 Å². The van der Waals surface area contributed by atoms with Crippen LogP contribution in [0, 0.1) is 13.8 Å². The second-order valence-electron chi connectivity index (χ2n) is 4.15. The van der Waals surface area contributed by atoms with Crippen LogP contribution >= 0.6 is 0 Å². The Kier molecular flexibility index (Phi) is 2.40. The molecule has 1 aliphatic rings. The van der Waals surface area contributed by atoms with Crippen molar-refractivity contribution in [1.82, 2.24) is 9.97 Å². The minimum absolute atomic E-state index is 0.624. The molecule has 1 aromatic rings. The molecule has 3 heteroatoms. The number of rotatable bonds is 1. The molecular formula is C11H17N3. The molecule has 76 valence electrons. The molecule has 1 aromatic heterocycles. The van der Waals surface area contributed by atoms with Crippen LogP contribution in [-0.2, 0) is 0 Å². The summed E-state index contributed by atoms with van der Waals surface area (Å²) < 4.78 is 0. The van der Waals surface area contributed by atoms with E-state index in [9.17, 15) is 0 Å². The standard InChI is InChI=1S/C11H17N3/c1-7-10(9-5-3-4-6-9)13-8(2)14-11(7)12/h9H,3-6H2,1-2H3,(H2,12,13,14). The smallest absolute Gasteiger partial charge is 0.130 e. The van der Waals surface area contributed by atoms with E-state index in [2.05, 4.69) is 9.97 Å². The first kappa shape index (κ1) is 9.44. The van der Waals surface area contributed by atoms with Gasteiger partial charge in [-0.2, -0.15) is 0 Å². The van der Waals surface area contributed by atoms with E-state index in [4.69, 9.17) is 5.73 Å². The zero-order chi connectivity index (χ0) is 10.1. The minimum atomic E-state index is 0.624. The molecule has 3 nitrogen and oxygen atoms in total. The number of hydrogen-bond donors (Lipinski definition) is 1. The maximum Gasteiger partial charge on any atom is 0.130 e. The fourth-order valence-corrected chi connectivity index (χ4v) is 2.27. The lowest BCUT2D eigenvalue weighted by Crippen LogP contribution is -2.07. The Hall–Kier alpha value is -1.12. The van der Waals surface area contributed by atoms with Gasteiger partial charge in [-0.1, -0.05) is 12.8 Å². The minimum Gasteiger partial charge on any atom is -0.383 e. The predicted molar refractivity (Wildman–Crippen MR) is 57.1 cm³/mol. The molecule has 1 saturated carbocycles. The Morgan fingerprint density at radius 2 is 1.79 bits per heavy atom. The molecule has 1 fully saturated rings. The highest BCUT2D eigenvalue weighted by molar-refractivity contribution is 5.42. The predicted octanol–water partition coefficient (Wildman–Crippen LogP) is 2.33. The highest BCUT2D eigenvalue weighted by Crippen LogP contribution is 2.35. The SMILES string of the molecule is Cc1nc(N)c(C)c(C2CCCC2)n1. The number of aryl methyl sites for hydroxylation is 1. The van der Waals surface area contributed by atoms with Gasteiger partial charge in [0, 0.05) is 11.5 Å². The van der Waals surface area contributed by atoms with E-state index in [-0.39, 0.29) is 0 Å². The summed E-state index contributed by atoms with van der Waals surface area (Å²) in [6.45, 7) is 3.94. The van der Waals surface area contributed by atoms with Gasteiger partial charge >= 0.3 is 0 Å². The lowest BCUT2D eigenvalue weighted by atomic mass is 9.99. The van der Waals surface area contributed by atoms with Crippen molar-refractivity contribution < 1.29 is 0 Å². The molecule has 0 saturated heterocycles. The second-order valence-corrected chi connectivity index (χ2v) is 4.15. The summed E-state index contributed by atoms with van der Waals surface area (Å²) in [4.78, 5) is 8.70. The van der Waals surface area contributed by atoms with Crippen molar-refractivity contribution in [2.24, 2.45) is 0 Å². The van der Waals surface area contributed by atoms with Gasteiger partial charge in [0.1, 0.15) is 11.6 Å². The van der Waals surface area contributed by atoms with E-state index < -0.39 is 0 Å². The lowest BCUT2D eigenvalue weighted by Gasteiger charge is -2.13. The van der Waals surface area contributed by atoms with Crippen LogP contribution in [0.1, 0.15) is 48.7 Å². The molecule has 2 N–H and O–H groups in total. The largest absolute Gasteiger partial charge is 0.383 e. The first-order valence-electron chi connectivity index (χ1n) is 5.29.